The van der Waals surface area contributed by atoms with E-state index in [4.69, 9.17) is 14.2 Å². The quantitative estimate of drug-likeness (QED) is 0.203. The Hall–Kier alpha value is -2.62. The minimum absolute atomic E-state index is 0.0682. The van der Waals surface area contributed by atoms with E-state index in [1.54, 1.807) is 30.3 Å². The van der Waals surface area contributed by atoms with E-state index in [1.807, 2.05) is 25.7 Å². The molecule has 0 saturated heterocycles. The first kappa shape index (κ1) is 23.7. The maximum atomic E-state index is 12.0. The number of allylic oxidation sites excluding steroid dienone is 4. The van der Waals surface area contributed by atoms with Crippen LogP contribution in [-0.4, -0.2) is 20.3 Å². The fraction of sp³-hybridized carbons (Fsp3) is 0.417. The Balaban J connectivity index is 2.08. The Morgan fingerprint density at radius 1 is 1.13 bits per heavy atom. The lowest BCUT2D eigenvalue weighted by atomic mass is 9.74. The minimum atomic E-state index is -1.93. The van der Waals surface area contributed by atoms with Gasteiger partial charge in [0.25, 0.3) is 0 Å². The molecule has 0 radical (unpaired) electrons. The molecule has 1 aromatic carbocycles. The summed E-state index contributed by atoms with van der Waals surface area (Å²) in [7, 11) is -1.93. The number of hydrogen-bond acceptors (Lipinski definition) is 5. The van der Waals surface area contributed by atoms with Crippen LogP contribution in [0.5, 0.6) is 0 Å². The van der Waals surface area contributed by atoms with Crippen molar-refractivity contribution >= 4 is 20.3 Å². The smallest absolute Gasteiger partial charge is 0.371 e. The number of benzene rings is 1. The molecule has 160 valence electrons. The largest absolute Gasteiger partial charge is 0.431 e. The Kier molecular flexibility index (Phi) is 7.82. The van der Waals surface area contributed by atoms with Crippen molar-refractivity contribution in [1.82, 2.24) is 0 Å². The molecule has 0 heterocycles. The normalized spacial score (nSPS) is 16.1. The first-order valence-electron chi connectivity index (χ1n) is 10.1. The number of esters is 1. The van der Waals surface area contributed by atoms with Gasteiger partial charge in [0.15, 0.2) is 0 Å². The fourth-order valence-electron chi connectivity index (χ4n) is 3.09. The summed E-state index contributed by atoms with van der Waals surface area (Å²) in [6, 6.07) is 6.85. The standard InChI is InChI=1S/C24H30O5Si/c1-18(25)27-22-12-9-17-24(2,3)21(22)11-8-7-10-19-13-15-20(16-14-19)23(26)28-29-30(4,5)6/h8,11,13-16H,9,12,17H2,1-6H3/b11-8+. The Labute approximate surface area is 180 Å². The fourth-order valence-corrected chi connectivity index (χ4v) is 3.41. The molecule has 0 unspecified atom stereocenters. The van der Waals surface area contributed by atoms with E-state index in [2.05, 4.69) is 25.7 Å². The van der Waals surface area contributed by atoms with E-state index in [9.17, 15) is 9.59 Å². The molecule has 0 atom stereocenters. The second-order valence-corrected chi connectivity index (χ2v) is 13.3. The molecule has 0 aliphatic heterocycles. The molecular formula is C24H30O5Si. The molecule has 0 bridgehead atoms. The van der Waals surface area contributed by atoms with Gasteiger partial charge in [-0.05, 0) is 79.9 Å². The summed E-state index contributed by atoms with van der Waals surface area (Å²) in [6.45, 7) is 11.5. The zero-order chi connectivity index (χ0) is 22.4. The third-order valence-corrected chi connectivity index (χ3v) is 5.12. The third kappa shape index (κ3) is 7.32. The highest BCUT2D eigenvalue weighted by Crippen LogP contribution is 2.41. The van der Waals surface area contributed by atoms with Crippen LogP contribution in [0, 0.1) is 17.3 Å². The zero-order valence-corrected chi connectivity index (χ0v) is 19.6. The van der Waals surface area contributed by atoms with Gasteiger partial charge in [0.1, 0.15) is 5.76 Å². The molecule has 0 fully saturated rings. The topological polar surface area (TPSA) is 61.8 Å². The lowest BCUT2D eigenvalue weighted by molar-refractivity contribution is -0.159. The second-order valence-electron chi connectivity index (χ2n) is 8.91. The first-order chi connectivity index (χ1) is 14.0. The second kappa shape index (κ2) is 9.92. The highest BCUT2D eigenvalue weighted by molar-refractivity contribution is 6.69. The summed E-state index contributed by atoms with van der Waals surface area (Å²) in [5.41, 5.74) is 2.13. The van der Waals surface area contributed by atoms with Crippen molar-refractivity contribution in [1.29, 1.82) is 0 Å². The molecule has 6 heteroatoms. The average molecular weight is 427 g/mol. The summed E-state index contributed by atoms with van der Waals surface area (Å²) in [4.78, 5) is 28.3. The molecule has 1 aromatic rings. The van der Waals surface area contributed by atoms with Gasteiger partial charge in [-0.1, -0.05) is 25.7 Å². The van der Waals surface area contributed by atoms with Crippen LogP contribution in [-0.2, 0) is 19.0 Å². The number of ether oxygens (including phenoxy) is 1. The maximum absolute atomic E-state index is 12.0. The molecule has 0 amide bonds. The van der Waals surface area contributed by atoms with Crippen molar-refractivity contribution in [3.8, 4) is 11.8 Å². The van der Waals surface area contributed by atoms with Gasteiger partial charge in [-0.25, -0.2) is 9.37 Å². The Morgan fingerprint density at radius 2 is 1.80 bits per heavy atom. The molecule has 30 heavy (non-hydrogen) atoms. The van der Waals surface area contributed by atoms with E-state index >= 15 is 0 Å². The van der Waals surface area contributed by atoms with Gasteiger partial charge in [-0.3, -0.25) is 4.79 Å². The summed E-state index contributed by atoms with van der Waals surface area (Å²) >= 11 is 0. The van der Waals surface area contributed by atoms with Crippen LogP contribution < -0.4 is 0 Å². The molecule has 0 N–H and O–H groups in total. The highest BCUT2D eigenvalue weighted by Gasteiger charge is 2.30. The van der Waals surface area contributed by atoms with E-state index in [-0.39, 0.29) is 11.4 Å². The van der Waals surface area contributed by atoms with Crippen molar-refractivity contribution in [3.05, 3.63) is 58.9 Å². The number of hydrogen-bond donors (Lipinski definition) is 0. The van der Waals surface area contributed by atoms with Gasteiger partial charge in [-0.15, -0.1) is 0 Å². The highest BCUT2D eigenvalue weighted by atomic mass is 28.4. The van der Waals surface area contributed by atoms with Crippen LogP contribution in [0.2, 0.25) is 19.6 Å². The van der Waals surface area contributed by atoms with Gasteiger partial charge in [0.2, 0.25) is 8.32 Å². The van der Waals surface area contributed by atoms with Crippen molar-refractivity contribution < 1.29 is 23.8 Å². The molecule has 1 aliphatic carbocycles. The predicted octanol–water partition coefficient (Wildman–Crippen LogP) is 5.54. The van der Waals surface area contributed by atoms with E-state index in [0.29, 0.717) is 5.56 Å². The summed E-state index contributed by atoms with van der Waals surface area (Å²) in [5, 5.41) is 0. The van der Waals surface area contributed by atoms with Gasteiger partial charge in [0, 0.05) is 18.9 Å². The third-order valence-electron chi connectivity index (χ3n) is 4.54. The lowest BCUT2D eigenvalue weighted by Gasteiger charge is -2.32. The maximum Gasteiger partial charge on any atom is 0.371 e. The van der Waals surface area contributed by atoms with Gasteiger partial charge in [0.05, 0.1) is 5.56 Å². The van der Waals surface area contributed by atoms with Crippen molar-refractivity contribution in [2.24, 2.45) is 5.41 Å². The summed E-state index contributed by atoms with van der Waals surface area (Å²) in [5.74, 6) is 5.99. The molecule has 0 saturated carbocycles. The predicted molar refractivity (Wildman–Crippen MR) is 119 cm³/mol. The molecule has 1 aliphatic rings. The van der Waals surface area contributed by atoms with Gasteiger partial charge >= 0.3 is 11.9 Å². The van der Waals surface area contributed by atoms with Crippen LogP contribution in [0.4, 0.5) is 0 Å². The van der Waals surface area contributed by atoms with E-state index in [1.165, 1.54) is 6.92 Å². The lowest BCUT2D eigenvalue weighted by Crippen LogP contribution is -2.27. The van der Waals surface area contributed by atoms with Crippen molar-refractivity contribution in [2.75, 3.05) is 0 Å². The van der Waals surface area contributed by atoms with E-state index < -0.39 is 14.3 Å². The van der Waals surface area contributed by atoms with Gasteiger partial charge in [-0.2, -0.15) is 0 Å². The molecule has 2 rings (SSSR count). The average Bonchev–Trinajstić information content (AvgIpc) is 2.64. The Bertz CT molecular complexity index is 906. The number of carbonyl (C=O) groups excluding carboxylic acids is 2. The molecular weight excluding hydrogens is 396 g/mol. The van der Waals surface area contributed by atoms with E-state index in [0.717, 1.165) is 36.2 Å². The van der Waals surface area contributed by atoms with Crippen molar-refractivity contribution in [2.45, 2.75) is 59.7 Å². The van der Waals surface area contributed by atoms with Crippen LogP contribution >= 0.6 is 0 Å². The molecule has 0 aromatic heterocycles. The minimum Gasteiger partial charge on any atom is -0.431 e. The van der Waals surface area contributed by atoms with Gasteiger partial charge < -0.3 is 9.62 Å². The monoisotopic (exact) mass is 426 g/mol. The van der Waals surface area contributed by atoms with Crippen LogP contribution in [0.1, 0.15) is 56.0 Å². The van der Waals surface area contributed by atoms with Crippen LogP contribution in [0.25, 0.3) is 0 Å². The van der Waals surface area contributed by atoms with Crippen LogP contribution in [0.3, 0.4) is 0 Å². The number of rotatable bonds is 5. The zero-order valence-electron chi connectivity index (χ0n) is 18.6. The van der Waals surface area contributed by atoms with Crippen molar-refractivity contribution in [3.63, 3.8) is 0 Å². The summed E-state index contributed by atoms with van der Waals surface area (Å²) in [6.07, 6.45) is 6.50. The molecule has 0 spiro atoms. The number of carbonyl (C=O) groups is 2. The summed E-state index contributed by atoms with van der Waals surface area (Å²) < 4.78 is 10.6. The molecule has 5 nitrogen and oxygen atoms in total. The first-order valence-corrected chi connectivity index (χ1v) is 13.5. The van der Waals surface area contributed by atoms with Crippen LogP contribution in [0.15, 0.2) is 47.7 Å². The SMILES string of the molecule is CC(=O)OC1=C(/C=C/C#Cc2ccc(C(=O)OO[Si](C)(C)C)cc2)C(C)(C)CCC1. The Morgan fingerprint density at radius 3 is 2.40 bits per heavy atom.